The minimum atomic E-state index is -0.920. The number of nitrogens with one attached hydrogen (secondary N) is 2. The number of allylic oxidation sites excluding steroid dienone is 2. The van der Waals surface area contributed by atoms with Gasteiger partial charge in [0.2, 0.25) is 11.8 Å². The second-order valence-corrected chi connectivity index (χ2v) is 6.31. The summed E-state index contributed by atoms with van der Waals surface area (Å²) in [6.45, 7) is 1.76. The van der Waals surface area contributed by atoms with Gasteiger partial charge in [-0.25, -0.2) is 0 Å². The average Bonchev–Trinajstić information content (AvgIpc) is 3.15. The second kappa shape index (κ2) is 6.47. The summed E-state index contributed by atoms with van der Waals surface area (Å²) in [5.41, 5.74) is 1.15. The van der Waals surface area contributed by atoms with Crippen molar-refractivity contribution in [1.29, 1.82) is 0 Å². The molecule has 0 aromatic heterocycles. The molecule has 1 aromatic carbocycles. The van der Waals surface area contributed by atoms with Crippen molar-refractivity contribution >= 4 is 29.2 Å². The van der Waals surface area contributed by atoms with E-state index in [9.17, 15) is 19.5 Å². The van der Waals surface area contributed by atoms with Gasteiger partial charge in [-0.05, 0) is 36.5 Å². The first-order valence-corrected chi connectivity index (χ1v) is 8.11. The van der Waals surface area contributed by atoms with Gasteiger partial charge in [0.15, 0.2) is 0 Å². The summed E-state index contributed by atoms with van der Waals surface area (Å²) >= 11 is 0. The molecule has 2 bridgehead atoms. The van der Waals surface area contributed by atoms with Crippen molar-refractivity contribution in [1.82, 2.24) is 0 Å². The molecular formula is C18H20N2O4. The van der Waals surface area contributed by atoms with Crippen molar-refractivity contribution in [2.24, 2.45) is 23.7 Å². The van der Waals surface area contributed by atoms with Crippen molar-refractivity contribution in [2.75, 3.05) is 10.6 Å². The van der Waals surface area contributed by atoms with Gasteiger partial charge >= 0.3 is 5.97 Å². The summed E-state index contributed by atoms with van der Waals surface area (Å²) in [4.78, 5) is 35.6. The van der Waals surface area contributed by atoms with Crippen LogP contribution in [0.15, 0.2) is 36.4 Å². The Morgan fingerprint density at radius 1 is 1.08 bits per heavy atom. The third kappa shape index (κ3) is 3.04. The summed E-state index contributed by atoms with van der Waals surface area (Å²) in [5, 5.41) is 15.0. The Morgan fingerprint density at radius 2 is 1.71 bits per heavy atom. The Morgan fingerprint density at radius 3 is 2.33 bits per heavy atom. The molecule has 0 saturated heterocycles. The molecule has 0 aliphatic heterocycles. The van der Waals surface area contributed by atoms with Gasteiger partial charge in [0.05, 0.1) is 11.8 Å². The molecule has 24 heavy (non-hydrogen) atoms. The lowest BCUT2D eigenvalue weighted by Crippen LogP contribution is -2.36. The number of carbonyl (C=O) groups excluding carboxylic acids is 2. The van der Waals surface area contributed by atoms with E-state index in [4.69, 9.17) is 0 Å². The predicted octanol–water partition coefficient (Wildman–Crippen LogP) is 2.50. The van der Waals surface area contributed by atoms with Crippen LogP contribution in [0.1, 0.15) is 19.8 Å². The normalized spacial score (nSPS) is 27.0. The van der Waals surface area contributed by atoms with Crippen LogP contribution in [0.4, 0.5) is 11.4 Å². The fraction of sp³-hybridized carbons (Fsp3) is 0.389. The number of amides is 2. The standard InChI is InChI=1S/C18H20N2O4/c1-2-14(21)19-12-4-3-5-13(9-12)20-17(22)15-10-6-7-11(8-10)16(15)18(23)24/h3-7,9-11,15-16H,2,8H2,1H3,(H,19,21)(H,20,22)(H,23,24)/t10-,11-,15-,16+/m0/s1. The van der Waals surface area contributed by atoms with Crippen LogP contribution in [0.3, 0.4) is 0 Å². The summed E-state index contributed by atoms with van der Waals surface area (Å²) in [7, 11) is 0. The van der Waals surface area contributed by atoms with Crippen LogP contribution < -0.4 is 10.6 Å². The molecule has 6 heteroatoms. The van der Waals surface area contributed by atoms with Gasteiger partial charge in [0, 0.05) is 17.8 Å². The molecule has 6 nitrogen and oxygen atoms in total. The van der Waals surface area contributed by atoms with Crippen LogP contribution in [0, 0.1) is 23.7 Å². The maximum atomic E-state index is 12.6. The monoisotopic (exact) mass is 328 g/mol. The predicted molar refractivity (Wildman–Crippen MR) is 89.3 cm³/mol. The second-order valence-electron chi connectivity index (χ2n) is 6.31. The van der Waals surface area contributed by atoms with E-state index in [0.717, 1.165) is 6.42 Å². The Bertz CT molecular complexity index is 713. The number of carboxylic acids is 1. The SMILES string of the molecule is CCC(=O)Nc1cccc(NC(=O)[C@@H]2[C@H](C(=O)O)[C@H]3C=C[C@H]2C3)c1. The lowest BCUT2D eigenvalue weighted by molar-refractivity contribution is -0.146. The molecule has 1 aromatic rings. The summed E-state index contributed by atoms with van der Waals surface area (Å²) in [5.74, 6) is -2.59. The molecule has 0 radical (unpaired) electrons. The molecule has 3 rings (SSSR count). The van der Waals surface area contributed by atoms with E-state index in [-0.39, 0.29) is 23.7 Å². The van der Waals surface area contributed by atoms with Gasteiger partial charge in [0.25, 0.3) is 0 Å². The first-order chi connectivity index (χ1) is 11.5. The molecule has 2 amide bonds. The fourth-order valence-corrected chi connectivity index (χ4v) is 3.67. The number of rotatable bonds is 5. The van der Waals surface area contributed by atoms with Gasteiger partial charge in [0.1, 0.15) is 0 Å². The van der Waals surface area contributed by atoms with E-state index in [0.29, 0.717) is 17.8 Å². The molecule has 0 spiro atoms. The molecule has 126 valence electrons. The molecule has 0 heterocycles. The molecule has 0 unspecified atom stereocenters. The highest BCUT2D eigenvalue weighted by Crippen LogP contribution is 2.48. The number of benzene rings is 1. The largest absolute Gasteiger partial charge is 0.481 e. The zero-order valence-electron chi connectivity index (χ0n) is 13.4. The highest BCUT2D eigenvalue weighted by molar-refractivity contribution is 5.97. The topological polar surface area (TPSA) is 95.5 Å². The van der Waals surface area contributed by atoms with Gasteiger partial charge < -0.3 is 15.7 Å². The van der Waals surface area contributed by atoms with E-state index in [2.05, 4.69) is 10.6 Å². The smallest absolute Gasteiger partial charge is 0.307 e. The molecule has 1 saturated carbocycles. The Hall–Kier alpha value is -2.63. The van der Waals surface area contributed by atoms with E-state index in [1.807, 2.05) is 12.2 Å². The Kier molecular flexibility index (Phi) is 4.38. The van der Waals surface area contributed by atoms with E-state index < -0.39 is 17.8 Å². The number of hydrogen-bond acceptors (Lipinski definition) is 3. The lowest BCUT2D eigenvalue weighted by Gasteiger charge is -2.24. The van der Waals surface area contributed by atoms with Gasteiger partial charge in [-0.3, -0.25) is 14.4 Å². The van der Waals surface area contributed by atoms with Gasteiger partial charge in [-0.15, -0.1) is 0 Å². The zero-order valence-corrected chi connectivity index (χ0v) is 13.4. The first kappa shape index (κ1) is 16.2. The van der Waals surface area contributed by atoms with Crippen molar-refractivity contribution in [2.45, 2.75) is 19.8 Å². The molecular weight excluding hydrogens is 308 g/mol. The van der Waals surface area contributed by atoms with Crippen LogP contribution >= 0.6 is 0 Å². The third-order valence-corrected chi connectivity index (χ3v) is 4.78. The molecule has 3 N–H and O–H groups in total. The van der Waals surface area contributed by atoms with E-state index >= 15 is 0 Å². The number of carbonyl (C=O) groups is 3. The lowest BCUT2D eigenvalue weighted by atomic mass is 9.82. The van der Waals surface area contributed by atoms with Gasteiger partial charge in [-0.2, -0.15) is 0 Å². The van der Waals surface area contributed by atoms with Crippen molar-refractivity contribution in [3.05, 3.63) is 36.4 Å². The minimum Gasteiger partial charge on any atom is -0.481 e. The summed E-state index contributed by atoms with van der Waals surface area (Å²) in [6.07, 6.45) is 4.95. The Balaban J connectivity index is 1.73. The molecule has 2 aliphatic carbocycles. The fourth-order valence-electron chi connectivity index (χ4n) is 3.67. The number of fused-ring (bicyclic) bond motifs is 2. The quantitative estimate of drug-likeness (QED) is 0.724. The summed E-state index contributed by atoms with van der Waals surface area (Å²) in [6, 6.07) is 6.86. The first-order valence-electron chi connectivity index (χ1n) is 8.11. The number of hydrogen-bond donors (Lipinski definition) is 3. The molecule has 1 fully saturated rings. The maximum Gasteiger partial charge on any atom is 0.307 e. The van der Waals surface area contributed by atoms with Gasteiger partial charge in [-0.1, -0.05) is 25.1 Å². The highest BCUT2D eigenvalue weighted by Gasteiger charge is 2.51. The van der Waals surface area contributed by atoms with Crippen LogP contribution in [-0.2, 0) is 14.4 Å². The van der Waals surface area contributed by atoms with E-state index in [1.54, 1.807) is 31.2 Å². The van der Waals surface area contributed by atoms with Crippen molar-refractivity contribution in [3.63, 3.8) is 0 Å². The maximum absolute atomic E-state index is 12.6. The number of carboxylic acid groups (broad SMARTS) is 1. The number of aliphatic carboxylic acids is 1. The van der Waals surface area contributed by atoms with Crippen LogP contribution in [0.25, 0.3) is 0 Å². The highest BCUT2D eigenvalue weighted by atomic mass is 16.4. The van der Waals surface area contributed by atoms with Crippen LogP contribution in [0.2, 0.25) is 0 Å². The minimum absolute atomic E-state index is 0.0147. The average molecular weight is 328 g/mol. The van der Waals surface area contributed by atoms with Crippen LogP contribution in [-0.4, -0.2) is 22.9 Å². The van der Waals surface area contributed by atoms with E-state index in [1.165, 1.54) is 0 Å². The zero-order chi connectivity index (χ0) is 17.3. The third-order valence-electron chi connectivity index (χ3n) is 4.78. The Labute approximate surface area is 139 Å². The van der Waals surface area contributed by atoms with Crippen LogP contribution in [0.5, 0.6) is 0 Å². The molecule has 4 atom stereocenters. The number of anilines is 2. The summed E-state index contributed by atoms with van der Waals surface area (Å²) < 4.78 is 0. The molecule has 2 aliphatic rings. The van der Waals surface area contributed by atoms with Crippen molar-refractivity contribution in [3.8, 4) is 0 Å². The van der Waals surface area contributed by atoms with Crippen molar-refractivity contribution < 1.29 is 19.5 Å².